The fraction of sp³-hybridized carbons (Fsp3) is 0.294. The number of hydrogen-bond donors (Lipinski definition) is 1. The Labute approximate surface area is 125 Å². The number of methoxy groups -OCH3 is 1. The van der Waals surface area contributed by atoms with Gasteiger partial charge in [0, 0.05) is 11.6 Å². The van der Waals surface area contributed by atoms with Gasteiger partial charge in [0.2, 0.25) is 0 Å². The Kier molecular flexibility index (Phi) is 4.56. The van der Waals surface area contributed by atoms with E-state index in [0.29, 0.717) is 5.02 Å². The van der Waals surface area contributed by atoms with E-state index in [9.17, 15) is 0 Å². The van der Waals surface area contributed by atoms with E-state index in [0.717, 1.165) is 18.0 Å². The molecule has 0 aliphatic rings. The van der Waals surface area contributed by atoms with Gasteiger partial charge in [-0.15, -0.1) is 0 Å². The minimum absolute atomic E-state index is 0.699. The molecule has 3 heteroatoms. The number of hydrogen-bond acceptors (Lipinski definition) is 2. The van der Waals surface area contributed by atoms with Gasteiger partial charge >= 0.3 is 0 Å². The van der Waals surface area contributed by atoms with Crippen molar-refractivity contribution in [2.45, 2.75) is 27.3 Å². The highest BCUT2D eigenvalue weighted by atomic mass is 35.5. The second kappa shape index (κ2) is 6.19. The fourth-order valence-electron chi connectivity index (χ4n) is 2.22. The quantitative estimate of drug-likeness (QED) is 0.865. The lowest BCUT2D eigenvalue weighted by Gasteiger charge is -2.14. The second-order valence-electron chi connectivity index (χ2n) is 5.06. The van der Waals surface area contributed by atoms with Crippen molar-refractivity contribution in [2.24, 2.45) is 0 Å². The van der Waals surface area contributed by atoms with Crippen LogP contribution in [0.25, 0.3) is 0 Å². The number of nitrogens with one attached hydrogen (secondary N) is 1. The first-order valence-electron chi connectivity index (χ1n) is 6.65. The van der Waals surface area contributed by atoms with Gasteiger partial charge in [-0.2, -0.15) is 0 Å². The molecule has 2 aromatic carbocycles. The molecule has 0 spiro atoms. The summed E-state index contributed by atoms with van der Waals surface area (Å²) in [6, 6.07) is 10.0. The number of benzene rings is 2. The van der Waals surface area contributed by atoms with Crippen LogP contribution in [0.5, 0.6) is 5.75 Å². The average molecular weight is 290 g/mol. The molecule has 0 saturated carbocycles. The van der Waals surface area contributed by atoms with Crippen molar-refractivity contribution >= 4 is 17.3 Å². The van der Waals surface area contributed by atoms with Crippen molar-refractivity contribution in [3.05, 3.63) is 57.6 Å². The Morgan fingerprint density at radius 3 is 2.40 bits per heavy atom. The third-order valence-electron chi connectivity index (χ3n) is 3.58. The zero-order valence-corrected chi connectivity index (χ0v) is 13.1. The van der Waals surface area contributed by atoms with Gasteiger partial charge in [-0.3, -0.25) is 0 Å². The Bertz CT molecular complexity index is 623. The molecule has 0 heterocycles. The van der Waals surface area contributed by atoms with E-state index in [-0.39, 0.29) is 0 Å². The summed E-state index contributed by atoms with van der Waals surface area (Å²) in [4.78, 5) is 0. The predicted octanol–water partition coefficient (Wildman–Crippen LogP) is 4.89. The molecule has 2 nitrogen and oxygen atoms in total. The molecular formula is C17H20ClNO. The van der Waals surface area contributed by atoms with Gasteiger partial charge in [0.15, 0.2) is 0 Å². The largest absolute Gasteiger partial charge is 0.495 e. The zero-order valence-electron chi connectivity index (χ0n) is 12.4. The van der Waals surface area contributed by atoms with E-state index in [4.69, 9.17) is 16.3 Å². The van der Waals surface area contributed by atoms with E-state index in [1.54, 1.807) is 7.11 Å². The topological polar surface area (TPSA) is 21.3 Å². The number of anilines is 1. The van der Waals surface area contributed by atoms with Gasteiger partial charge in [-0.05, 0) is 61.2 Å². The minimum Gasteiger partial charge on any atom is -0.495 e. The molecule has 1 N–H and O–H groups in total. The van der Waals surface area contributed by atoms with E-state index in [1.165, 1.54) is 22.3 Å². The van der Waals surface area contributed by atoms with Crippen molar-refractivity contribution in [2.75, 3.05) is 12.4 Å². The Balaban J connectivity index is 2.21. The van der Waals surface area contributed by atoms with Gasteiger partial charge in [0.25, 0.3) is 0 Å². The summed E-state index contributed by atoms with van der Waals surface area (Å²) in [6.07, 6.45) is 0. The lowest BCUT2D eigenvalue weighted by molar-refractivity contribution is 0.416. The fourth-order valence-corrected chi connectivity index (χ4v) is 2.39. The van der Waals surface area contributed by atoms with Crippen molar-refractivity contribution in [1.82, 2.24) is 0 Å². The third-order valence-corrected chi connectivity index (χ3v) is 3.82. The maximum atomic E-state index is 6.04. The number of halogens is 1. The normalized spacial score (nSPS) is 10.4. The summed E-state index contributed by atoms with van der Waals surface area (Å²) in [5, 5.41) is 4.10. The first-order chi connectivity index (χ1) is 9.51. The molecular weight excluding hydrogens is 270 g/mol. The number of ether oxygens (including phenoxy) is 1. The first-order valence-corrected chi connectivity index (χ1v) is 7.03. The average Bonchev–Trinajstić information content (AvgIpc) is 2.41. The molecule has 0 aliphatic carbocycles. The van der Waals surface area contributed by atoms with Crippen molar-refractivity contribution < 1.29 is 4.74 Å². The van der Waals surface area contributed by atoms with Crippen LogP contribution in [0.4, 0.5) is 5.69 Å². The Morgan fingerprint density at radius 2 is 1.70 bits per heavy atom. The van der Waals surface area contributed by atoms with Crippen molar-refractivity contribution in [1.29, 1.82) is 0 Å². The smallest absolute Gasteiger partial charge is 0.142 e. The summed E-state index contributed by atoms with van der Waals surface area (Å²) in [7, 11) is 1.66. The molecule has 0 fully saturated rings. The predicted molar refractivity (Wildman–Crippen MR) is 86.0 cm³/mol. The lowest BCUT2D eigenvalue weighted by atomic mass is 10.0. The highest BCUT2D eigenvalue weighted by Crippen LogP contribution is 2.28. The second-order valence-corrected chi connectivity index (χ2v) is 5.50. The van der Waals surface area contributed by atoms with Crippen LogP contribution < -0.4 is 10.1 Å². The summed E-state index contributed by atoms with van der Waals surface area (Å²) in [6.45, 7) is 7.17. The van der Waals surface area contributed by atoms with Gasteiger partial charge in [-0.25, -0.2) is 0 Å². The van der Waals surface area contributed by atoms with Crippen molar-refractivity contribution in [3.63, 3.8) is 0 Å². The van der Waals surface area contributed by atoms with Crippen LogP contribution in [0.1, 0.15) is 22.3 Å². The van der Waals surface area contributed by atoms with Crippen LogP contribution in [0, 0.1) is 20.8 Å². The van der Waals surface area contributed by atoms with Crippen LogP contribution >= 0.6 is 11.6 Å². The van der Waals surface area contributed by atoms with Gasteiger partial charge in [-0.1, -0.05) is 23.7 Å². The van der Waals surface area contributed by atoms with Crippen LogP contribution in [0.3, 0.4) is 0 Å². The zero-order chi connectivity index (χ0) is 14.7. The highest BCUT2D eigenvalue weighted by Gasteiger charge is 2.06. The molecule has 0 unspecified atom stereocenters. The van der Waals surface area contributed by atoms with Crippen LogP contribution in [0.15, 0.2) is 30.3 Å². The Hall–Kier alpha value is -1.67. The van der Waals surface area contributed by atoms with Crippen LogP contribution in [-0.4, -0.2) is 7.11 Å². The van der Waals surface area contributed by atoms with E-state index in [1.807, 2.05) is 18.2 Å². The molecule has 0 bridgehead atoms. The number of aryl methyl sites for hydroxylation is 3. The monoisotopic (exact) mass is 289 g/mol. The van der Waals surface area contributed by atoms with Crippen LogP contribution in [0.2, 0.25) is 5.02 Å². The molecule has 0 radical (unpaired) electrons. The van der Waals surface area contributed by atoms with Gasteiger partial charge in [0.1, 0.15) is 5.75 Å². The highest BCUT2D eigenvalue weighted by molar-refractivity contribution is 6.30. The van der Waals surface area contributed by atoms with Gasteiger partial charge in [0.05, 0.1) is 12.8 Å². The van der Waals surface area contributed by atoms with Crippen molar-refractivity contribution in [3.8, 4) is 5.75 Å². The summed E-state index contributed by atoms with van der Waals surface area (Å²) in [5.74, 6) is 0.802. The third kappa shape index (κ3) is 3.26. The molecule has 20 heavy (non-hydrogen) atoms. The number of rotatable bonds is 4. The standard InChI is InChI=1S/C17H20ClNO/c1-11-7-13(3)14(8-12(11)2)10-19-16-9-15(18)5-6-17(16)20-4/h5-9,19H,10H2,1-4H3. The maximum absolute atomic E-state index is 6.04. The molecule has 0 aromatic heterocycles. The molecule has 2 rings (SSSR count). The summed E-state index contributed by atoms with van der Waals surface area (Å²) in [5.41, 5.74) is 6.13. The minimum atomic E-state index is 0.699. The lowest BCUT2D eigenvalue weighted by Crippen LogP contribution is -2.04. The van der Waals surface area contributed by atoms with E-state index >= 15 is 0 Å². The first kappa shape index (κ1) is 14.7. The summed E-state index contributed by atoms with van der Waals surface area (Å²) >= 11 is 6.04. The van der Waals surface area contributed by atoms with E-state index in [2.05, 4.69) is 38.2 Å². The molecule has 0 saturated heterocycles. The van der Waals surface area contributed by atoms with E-state index < -0.39 is 0 Å². The molecule has 0 amide bonds. The van der Waals surface area contributed by atoms with Crippen LogP contribution in [-0.2, 0) is 6.54 Å². The molecule has 0 atom stereocenters. The Morgan fingerprint density at radius 1 is 1.00 bits per heavy atom. The molecule has 0 aliphatic heterocycles. The maximum Gasteiger partial charge on any atom is 0.142 e. The molecule has 106 valence electrons. The SMILES string of the molecule is COc1ccc(Cl)cc1NCc1cc(C)c(C)cc1C. The summed E-state index contributed by atoms with van der Waals surface area (Å²) < 4.78 is 5.34. The molecule has 2 aromatic rings. The van der Waals surface area contributed by atoms with Gasteiger partial charge < -0.3 is 10.1 Å².